The molecule has 3 aliphatic rings. The molecule has 2 aliphatic heterocycles. The summed E-state index contributed by atoms with van der Waals surface area (Å²) in [7, 11) is 0. The quantitative estimate of drug-likeness (QED) is 0.744. The molecule has 1 spiro atoms. The number of imide groups is 1. The molecule has 3 rings (SSSR count). The molecule has 4 amide bonds. The van der Waals surface area contributed by atoms with Gasteiger partial charge in [0.1, 0.15) is 12.1 Å². The van der Waals surface area contributed by atoms with Gasteiger partial charge < -0.3 is 10.6 Å². The number of amides is 4. The van der Waals surface area contributed by atoms with Crippen molar-refractivity contribution in [1.29, 1.82) is 0 Å². The van der Waals surface area contributed by atoms with Crippen molar-refractivity contribution in [3.8, 4) is 0 Å². The zero-order chi connectivity index (χ0) is 16.3. The van der Waals surface area contributed by atoms with Gasteiger partial charge >= 0.3 is 6.03 Å². The summed E-state index contributed by atoms with van der Waals surface area (Å²) >= 11 is 1.66. The van der Waals surface area contributed by atoms with Gasteiger partial charge in [0.2, 0.25) is 5.91 Å². The van der Waals surface area contributed by atoms with Gasteiger partial charge in [-0.05, 0) is 24.5 Å². The summed E-state index contributed by atoms with van der Waals surface area (Å²) in [4.78, 5) is 37.6. The van der Waals surface area contributed by atoms with Crippen LogP contribution in [0.5, 0.6) is 0 Å². The van der Waals surface area contributed by atoms with Crippen molar-refractivity contribution in [2.75, 3.05) is 24.6 Å². The first-order valence-electron chi connectivity index (χ1n) is 8.59. The fourth-order valence-electron chi connectivity index (χ4n) is 3.74. The first kappa shape index (κ1) is 16.6. The predicted octanol–water partition coefficient (Wildman–Crippen LogP) is 1.50. The maximum atomic E-state index is 12.4. The minimum absolute atomic E-state index is 0.165. The van der Waals surface area contributed by atoms with Crippen LogP contribution in [0.2, 0.25) is 0 Å². The second-order valence-electron chi connectivity index (χ2n) is 6.85. The van der Waals surface area contributed by atoms with Crippen molar-refractivity contribution in [1.82, 2.24) is 15.5 Å². The van der Waals surface area contributed by atoms with Crippen LogP contribution in [0.4, 0.5) is 4.79 Å². The topological polar surface area (TPSA) is 78.5 Å². The lowest BCUT2D eigenvalue weighted by Crippen LogP contribution is -2.47. The molecule has 2 N–H and O–H groups in total. The standard InChI is InChI=1S/C16H25N3O3S/c20-13(17-8-6-12-4-2-1-3-5-12)10-19-14(21)16(18-15(19)22)7-9-23-11-16/h12H,1-11H2,(H,17,20)(H,18,22)/t16-/m1/s1. The number of carbonyl (C=O) groups is 3. The van der Waals surface area contributed by atoms with Crippen molar-refractivity contribution >= 4 is 29.6 Å². The van der Waals surface area contributed by atoms with Crippen LogP contribution < -0.4 is 10.6 Å². The molecule has 2 saturated heterocycles. The molecule has 1 saturated carbocycles. The SMILES string of the molecule is O=C(CN1C(=O)N[C@@]2(CCSC2)C1=O)NCCC1CCCCC1. The van der Waals surface area contributed by atoms with Gasteiger partial charge in [-0.2, -0.15) is 11.8 Å². The largest absolute Gasteiger partial charge is 0.355 e. The van der Waals surface area contributed by atoms with Gasteiger partial charge in [-0.3, -0.25) is 14.5 Å². The van der Waals surface area contributed by atoms with E-state index in [-0.39, 0.29) is 18.4 Å². The molecule has 1 atom stereocenters. The summed E-state index contributed by atoms with van der Waals surface area (Å²) in [5.41, 5.74) is -0.760. The van der Waals surface area contributed by atoms with Crippen molar-refractivity contribution in [2.45, 2.75) is 50.5 Å². The molecule has 0 aromatic rings. The summed E-state index contributed by atoms with van der Waals surface area (Å²) in [6, 6.07) is -0.431. The molecule has 128 valence electrons. The van der Waals surface area contributed by atoms with E-state index in [0.717, 1.165) is 17.1 Å². The Morgan fingerprint density at radius 1 is 1.30 bits per heavy atom. The molecule has 0 unspecified atom stereocenters. The van der Waals surface area contributed by atoms with Crippen molar-refractivity contribution in [2.24, 2.45) is 5.92 Å². The van der Waals surface area contributed by atoms with E-state index in [9.17, 15) is 14.4 Å². The first-order valence-corrected chi connectivity index (χ1v) is 9.75. The third-order valence-electron chi connectivity index (χ3n) is 5.17. The molecule has 23 heavy (non-hydrogen) atoms. The highest BCUT2D eigenvalue weighted by Gasteiger charge is 2.53. The third kappa shape index (κ3) is 3.65. The van der Waals surface area contributed by atoms with Crippen LogP contribution in [0.3, 0.4) is 0 Å². The summed E-state index contributed by atoms with van der Waals surface area (Å²) in [5.74, 6) is 1.70. The van der Waals surface area contributed by atoms with E-state index < -0.39 is 11.6 Å². The lowest BCUT2D eigenvalue weighted by atomic mass is 9.87. The molecular formula is C16H25N3O3S. The van der Waals surface area contributed by atoms with Crippen LogP contribution in [0.25, 0.3) is 0 Å². The number of nitrogens with zero attached hydrogens (tertiary/aromatic N) is 1. The van der Waals surface area contributed by atoms with E-state index in [2.05, 4.69) is 10.6 Å². The van der Waals surface area contributed by atoms with Gasteiger partial charge in [-0.1, -0.05) is 32.1 Å². The number of thioether (sulfide) groups is 1. The molecular weight excluding hydrogens is 314 g/mol. The second-order valence-corrected chi connectivity index (χ2v) is 7.95. The number of hydrogen-bond donors (Lipinski definition) is 2. The molecule has 0 bridgehead atoms. The van der Waals surface area contributed by atoms with E-state index in [1.165, 1.54) is 32.1 Å². The maximum Gasteiger partial charge on any atom is 0.325 e. The number of carbonyl (C=O) groups excluding carboxylic acids is 3. The zero-order valence-electron chi connectivity index (χ0n) is 13.4. The highest BCUT2D eigenvalue weighted by atomic mass is 32.2. The van der Waals surface area contributed by atoms with E-state index >= 15 is 0 Å². The Morgan fingerprint density at radius 3 is 2.78 bits per heavy atom. The van der Waals surface area contributed by atoms with Crippen LogP contribution in [0, 0.1) is 5.92 Å². The average Bonchev–Trinajstić information content (AvgIpc) is 3.10. The minimum Gasteiger partial charge on any atom is -0.355 e. The van der Waals surface area contributed by atoms with Gasteiger partial charge in [-0.25, -0.2) is 4.79 Å². The fourth-order valence-corrected chi connectivity index (χ4v) is 5.07. The Hall–Kier alpha value is -1.24. The zero-order valence-corrected chi connectivity index (χ0v) is 14.3. The average molecular weight is 339 g/mol. The van der Waals surface area contributed by atoms with Crippen LogP contribution >= 0.6 is 11.8 Å². The van der Waals surface area contributed by atoms with Gasteiger partial charge in [-0.15, -0.1) is 0 Å². The first-order chi connectivity index (χ1) is 11.1. The van der Waals surface area contributed by atoms with Crippen molar-refractivity contribution in [3.05, 3.63) is 0 Å². The summed E-state index contributed by atoms with van der Waals surface area (Å²) in [6.07, 6.45) is 8.07. The molecule has 6 nitrogen and oxygen atoms in total. The van der Waals surface area contributed by atoms with E-state index in [4.69, 9.17) is 0 Å². The Labute approximate surface area is 141 Å². The van der Waals surface area contributed by atoms with Gasteiger partial charge in [0.25, 0.3) is 5.91 Å². The maximum absolute atomic E-state index is 12.4. The van der Waals surface area contributed by atoms with Crippen molar-refractivity contribution in [3.63, 3.8) is 0 Å². The molecule has 3 fully saturated rings. The molecule has 2 heterocycles. The number of rotatable bonds is 5. The highest BCUT2D eigenvalue weighted by molar-refractivity contribution is 7.99. The van der Waals surface area contributed by atoms with E-state index in [0.29, 0.717) is 24.6 Å². The fraction of sp³-hybridized carbons (Fsp3) is 0.812. The number of urea groups is 1. The Balaban J connectivity index is 1.44. The highest BCUT2D eigenvalue weighted by Crippen LogP contribution is 2.33. The smallest absolute Gasteiger partial charge is 0.325 e. The molecule has 0 aromatic carbocycles. The molecule has 0 aromatic heterocycles. The van der Waals surface area contributed by atoms with E-state index in [1.807, 2.05) is 0 Å². The minimum atomic E-state index is -0.760. The monoisotopic (exact) mass is 339 g/mol. The van der Waals surface area contributed by atoms with Crippen LogP contribution in [0.15, 0.2) is 0 Å². The normalized spacial score (nSPS) is 28.4. The summed E-state index contributed by atoms with van der Waals surface area (Å²) in [5, 5.41) is 5.64. The lowest BCUT2D eigenvalue weighted by molar-refractivity contribution is -0.134. The molecule has 7 heteroatoms. The summed E-state index contributed by atoms with van der Waals surface area (Å²) in [6.45, 7) is 0.468. The third-order valence-corrected chi connectivity index (χ3v) is 6.36. The van der Waals surface area contributed by atoms with Gasteiger partial charge in [0.05, 0.1) is 0 Å². The summed E-state index contributed by atoms with van der Waals surface area (Å²) < 4.78 is 0. The van der Waals surface area contributed by atoms with Crippen molar-refractivity contribution < 1.29 is 14.4 Å². The molecule has 1 aliphatic carbocycles. The van der Waals surface area contributed by atoms with E-state index in [1.54, 1.807) is 11.8 Å². The van der Waals surface area contributed by atoms with Gasteiger partial charge in [0.15, 0.2) is 0 Å². The molecule has 0 radical (unpaired) electrons. The van der Waals surface area contributed by atoms with Crippen LogP contribution in [0.1, 0.15) is 44.9 Å². The van der Waals surface area contributed by atoms with Gasteiger partial charge in [0, 0.05) is 12.3 Å². The second kappa shape index (κ2) is 7.11. The van der Waals surface area contributed by atoms with Crippen LogP contribution in [-0.4, -0.2) is 52.9 Å². The Kier molecular flexibility index (Phi) is 5.14. The Bertz CT molecular complexity index is 485. The number of hydrogen-bond acceptors (Lipinski definition) is 4. The van der Waals surface area contributed by atoms with Crippen LogP contribution in [-0.2, 0) is 9.59 Å². The number of nitrogens with one attached hydrogen (secondary N) is 2. The predicted molar refractivity (Wildman–Crippen MR) is 89.1 cm³/mol. The lowest BCUT2D eigenvalue weighted by Gasteiger charge is -2.22. The Morgan fingerprint density at radius 2 is 2.09 bits per heavy atom.